The van der Waals surface area contributed by atoms with E-state index in [0.29, 0.717) is 0 Å². The van der Waals surface area contributed by atoms with Gasteiger partial charge < -0.3 is 0 Å². The summed E-state index contributed by atoms with van der Waals surface area (Å²) in [6, 6.07) is 27.4. The third kappa shape index (κ3) is 2.98. The Hall–Kier alpha value is -3.38. The molecule has 0 fully saturated rings. The van der Waals surface area contributed by atoms with Gasteiger partial charge in [-0.3, -0.25) is 0 Å². The maximum absolute atomic E-state index is 6.52. The van der Waals surface area contributed by atoms with Crippen molar-refractivity contribution in [3.8, 4) is 17.1 Å². The van der Waals surface area contributed by atoms with E-state index in [1.54, 1.807) is 6.20 Å². The fraction of sp³-hybridized carbons (Fsp3) is 0.111. The predicted octanol–water partition coefficient (Wildman–Crippen LogP) is 6.53. The van der Waals surface area contributed by atoms with E-state index in [4.69, 9.17) is 9.40 Å². The first kappa shape index (κ1) is 19.3. The van der Waals surface area contributed by atoms with Crippen LogP contribution in [-0.4, -0.2) is 27.8 Å². The third-order valence-corrected chi connectivity index (χ3v) is 10.3. The van der Waals surface area contributed by atoms with Crippen LogP contribution in [0.3, 0.4) is 0 Å². The van der Waals surface area contributed by atoms with Crippen LogP contribution in [0, 0.1) is 0 Å². The number of aromatic nitrogens is 3. The number of hydrogen-bond acceptors (Lipinski definition) is 3. The molecule has 0 aliphatic carbocycles. The Balaban J connectivity index is 1.67. The van der Waals surface area contributed by atoms with Gasteiger partial charge in [-0.1, -0.05) is 0 Å². The molecule has 0 radical (unpaired) electrons. The summed E-state index contributed by atoms with van der Waals surface area (Å²) in [6.45, 7) is 0. The Morgan fingerprint density at radius 1 is 0.812 bits per heavy atom. The molecule has 0 aliphatic heterocycles. The van der Waals surface area contributed by atoms with Crippen LogP contribution in [0.5, 0.6) is 0 Å². The average molecular weight is 478 g/mol. The van der Waals surface area contributed by atoms with Gasteiger partial charge in [0.15, 0.2) is 0 Å². The minimum atomic E-state index is -1.96. The van der Waals surface area contributed by atoms with Crippen molar-refractivity contribution in [2.45, 2.75) is 17.3 Å². The molecule has 0 unspecified atom stereocenters. The second kappa shape index (κ2) is 7.07. The van der Waals surface area contributed by atoms with E-state index in [0.717, 1.165) is 50.2 Å². The van der Waals surface area contributed by atoms with Gasteiger partial charge in [0.2, 0.25) is 0 Å². The molecular formula is C27H23GeN3O. The normalized spacial score (nSPS) is 12.2. The van der Waals surface area contributed by atoms with Crippen LogP contribution >= 0.6 is 0 Å². The number of nitrogens with zero attached hydrogens (tertiary/aromatic N) is 3. The van der Waals surface area contributed by atoms with Crippen molar-refractivity contribution in [2.24, 2.45) is 0 Å². The zero-order valence-electron chi connectivity index (χ0n) is 18.3. The van der Waals surface area contributed by atoms with Crippen LogP contribution in [0.4, 0.5) is 0 Å². The Bertz CT molecular complexity index is 1610. The van der Waals surface area contributed by atoms with Gasteiger partial charge in [0.05, 0.1) is 0 Å². The van der Waals surface area contributed by atoms with E-state index in [1.807, 2.05) is 24.3 Å². The van der Waals surface area contributed by atoms with E-state index in [2.05, 4.69) is 81.4 Å². The van der Waals surface area contributed by atoms with Gasteiger partial charge in [-0.05, 0) is 0 Å². The summed E-state index contributed by atoms with van der Waals surface area (Å²) in [5.41, 5.74) is 5.54. The Kier molecular flexibility index (Phi) is 4.27. The van der Waals surface area contributed by atoms with Gasteiger partial charge in [0.25, 0.3) is 0 Å². The Morgan fingerprint density at radius 3 is 2.47 bits per heavy atom. The molecule has 0 atom stereocenters. The number of fused-ring (bicyclic) bond motifs is 4. The number of rotatable bonds is 3. The summed E-state index contributed by atoms with van der Waals surface area (Å²) < 4.78 is 10.1. The number of imidazole rings is 1. The van der Waals surface area contributed by atoms with Crippen molar-refractivity contribution < 1.29 is 4.42 Å². The Labute approximate surface area is 188 Å². The molecule has 0 spiro atoms. The van der Waals surface area contributed by atoms with Crippen molar-refractivity contribution in [1.29, 1.82) is 0 Å². The second-order valence-electron chi connectivity index (χ2n) is 9.20. The maximum atomic E-state index is 6.52. The zero-order valence-corrected chi connectivity index (χ0v) is 20.4. The molecule has 0 saturated carbocycles. The molecule has 32 heavy (non-hydrogen) atoms. The topological polar surface area (TPSA) is 43.9 Å². The van der Waals surface area contributed by atoms with Crippen LogP contribution < -0.4 is 4.40 Å². The quantitative estimate of drug-likeness (QED) is 0.272. The van der Waals surface area contributed by atoms with Crippen LogP contribution in [0.2, 0.25) is 17.3 Å². The fourth-order valence-corrected chi connectivity index (χ4v) is 6.78. The zero-order chi connectivity index (χ0) is 21.9. The summed E-state index contributed by atoms with van der Waals surface area (Å²) in [7, 11) is 0. The van der Waals surface area contributed by atoms with Crippen molar-refractivity contribution in [2.75, 3.05) is 0 Å². The third-order valence-electron chi connectivity index (χ3n) is 6.05. The summed E-state index contributed by atoms with van der Waals surface area (Å²) in [4.78, 5) is 9.46. The average Bonchev–Trinajstić information content (AvgIpc) is 3.37. The van der Waals surface area contributed by atoms with Crippen LogP contribution in [-0.2, 0) is 0 Å². The van der Waals surface area contributed by atoms with Gasteiger partial charge in [-0.25, -0.2) is 0 Å². The van der Waals surface area contributed by atoms with E-state index >= 15 is 0 Å². The van der Waals surface area contributed by atoms with Gasteiger partial charge in [0, 0.05) is 0 Å². The number of hydrogen-bond donors (Lipinski definition) is 0. The molecule has 0 saturated heterocycles. The summed E-state index contributed by atoms with van der Waals surface area (Å²) in [6.07, 6.45) is 1.79. The number of benzene rings is 3. The van der Waals surface area contributed by atoms with Crippen molar-refractivity contribution >= 4 is 50.8 Å². The molecule has 0 N–H and O–H groups in total. The first-order chi connectivity index (χ1) is 15.5. The first-order valence-electron chi connectivity index (χ1n) is 10.9. The first-order valence-corrected chi connectivity index (χ1v) is 18.2. The van der Waals surface area contributed by atoms with Crippen LogP contribution in [0.15, 0.2) is 89.5 Å². The fourth-order valence-electron chi connectivity index (χ4n) is 4.37. The molecule has 3 aromatic heterocycles. The van der Waals surface area contributed by atoms with E-state index < -0.39 is 13.3 Å². The molecule has 0 bridgehead atoms. The SMILES string of the molecule is [CH3][Ge]([CH3])([CH3])[c]1ccc2c(c1)oc1c(-c3nc4ncccc4n3-c3ccccc3)cccc12. The molecule has 3 heterocycles. The molecule has 156 valence electrons. The van der Waals surface area contributed by atoms with Crippen molar-refractivity contribution in [3.05, 3.63) is 85.1 Å². The van der Waals surface area contributed by atoms with Crippen molar-refractivity contribution in [1.82, 2.24) is 14.5 Å². The van der Waals surface area contributed by atoms with E-state index in [1.165, 1.54) is 4.40 Å². The van der Waals surface area contributed by atoms with Crippen molar-refractivity contribution in [3.63, 3.8) is 0 Å². The standard InChI is InChI=1S/C27H23GeN3O/c1-28(2,3)18-14-15-20-21-11-7-12-22(25(21)32-24(20)17-18)27-30-26-23(13-8-16-29-26)31(27)19-9-5-4-6-10-19/h4-17H,1-3H3. The Morgan fingerprint density at radius 2 is 1.66 bits per heavy atom. The van der Waals surface area contributed by atoms with Gasteiger partial charge in [0.1, 0.15) is 0 Å². The van der Waals surface area contributed by atoms with Crippen LogP contribution in [0.25, 0.3) is 50.2 Å². The van der Waals surface area contributed by atoms with E-state index in [-0.39, 0.29) is 0 Å². The van der Waals surface area contributed by atoms with Gasteiger partial charge in [-0.2, -0.15) is 0 Å². The summed E-state index contributed by atoms with van der Waals surface area (Å²) in [5.74, 6) is 8.06. The number of pyridine rings is 1. The van der Waals surface area contributed by atoms with Crippen LogP contribution in [0.1, 0.15) is 0 Å². The summed E-state index contributed by atoms with van der Waals surface area (Å²) >= 11 is -1.96. The second-order valence-corrected chi connectivity index (χ2v) is 19.9. The number of para-hydroxylation sites is 2. The van der Waals surface area contributed by atoms with E-state index in [9.17, 15) is 0 Å². The molecule has 6 aromatic rings. The molecule has 0 amide bonds. The molecule has 5 heteroatoms. The molecule has 4 nitrogen and oxygen atoms in total. The summed E-state index contributed by atoms with van der Waals surface area (Å²) in [5, 5.41) is 2.27. The van der Waals surface area contributed by atoms with Gasteiger partial charge >= 0.3 is 189 Å². The molecular weight excluding hydrogens is 455 g/mol. The monoisotopic (exact) mass is 479 g/mol. The minimum absolute atomic E-state index is 0.725. The molecule has 6 rings (SSSR count). The molecule has 0 aliphatic rings. The van der Waals surface area contributed by atoms with Gasteiger partial charge in [-0.15, -0.1) is 0 Å². The predicted molar refractivity (Wildman–Crippen MR) is 135 cm³/mol. The molecule has 3 aromatic carbocycles. The number of furan rings is 1.